The van der Waals surface area contributed by atoms with Crippen LogP contribution in [0.5, 0.6) is 0 Å². The van der Waals surface area contributed by atoms with E-state index >= 15 is 0 Å². The standard InChI is InChI=1S/C16H20N2O2S/c1-4-18(11-12(2)3)21(19,20)16-7-5-6-13-10-14(17)8-9-15(13)16/h5-10H,2,4,11,17H2,1,3H3. The van der Waals surface area contributed by atoms with E-state index in [1.165, 1.54) is 4.31 Å². The number of rotatable bonds is 5. The van der Waals surface area contributed by atoms with Crippen LogP contribution in [0.4, 0.5) is 5.69 Å². The van der Waals surface area contributed by atoms with Gasteiger partial charge >= 0.3 is 0 Å². The summed E-state index contributed by atoms with van der Waals surface area (Å²) in [4.78, 5) is 0.308. The van der Waals surface area contributed by atoms with Gasteiger partial charge in [0.2, 0.25) is 10.0 Å². The Bertz CT molecular complexity index is 782. The molecule has 112 valence electrons. The third-order valence-electron chi connectivity index (χ3n) is 3.28. The second kappa shape index (κ2) is 5.87. The summed E-state index contributed by atoms with van der Waals surface area (Å²) >= 11 is 0. The molecule has 2 aromatic carbocycles. The number of hydrogen-bond acceptors (Lipinski definition) is 3. The molecule has 0 unspecified atom stereocenters. The van der Waals surface area contributed by atoms with Gasteiger partial charge < -0.3 is 5.73 Å². The molecule has 0 radical (unpaired) electrons. The van der Waals surface area contributed by atoms with E-state index < -0.39 is 10.0 Å². The van der Waals surface area contributed by atoms with Crippen molar-refractivity contribution in [3.8, 4) is 0 Å². The molecule has 0 fully saturated rings. The van der Waals surface area contributed by atoms with Crippen LogP contribution in [0.15, 0.2) is 53.4 Å². The second-order valence-corrected chi connectivity index (χ2v) is 7.03. The molecule has 0 heterocycles. The SMILES string of the molecule is C=C(C)CN(CC)S(=O)(=O)c1cccc2cc(N)ccc12. The molecular weight excluding hydrogens is 284 g/mol. The lowest BCUT2D eigenvalue weighted by Crippen LogP contribution is -2.32. The molecule has 4 nitrogen and oxygen atoms in total. The highest BCUT2D eigenvalue weighted by Crippen LogP contribution is 2.27. The van der Waals surface area contributed by atoms with Gasteiger partial charge in [-0.05, 0) is 30.5 Å². The van der Waals surface area contributed by atoms with Crippen molar-refractivity contribution >= 4 is 26.5 Å². The summed E-state index contributed by atoms with van der Waals surface area (Å²) in [6.45, 7) is 8.17. The number of nitrogens with zero attached hydrogens (tertiary/aromatic N) is 1. The maximum Gasteiger partial charge on any atom is 0.243 e. The number of nitrogens with two attached hydrogens (primary N) is 1. The maximum atomic E-state index is 12.9. The molecule has 2 rings (SSSR count). The largest absolute Gasteiger partial charge is 0.399 e. The van der Waals surface area contributed by atoms with Crippen molar-refractivity contribution in [1.82, 2.24) is 4.31 Å². The minimum Gasteiger partial charge on any atom is -0.399 e. The van der Waals surface area contributed by atoms with Crippen LogP contribution in [-0.4, -0.2) is 25.8 Å². The van der Waals surface area contributed by atoms with Crippen LogP contribution < -0.4 is 5.73 Å². The fourth-order valence-electron chi connectivity index (χ4n) is 2.30. The summed E-state index contributed by atoms with van der Waals surface area (Å²) in [5.74, 6) is 0. The molecule has 0 atom stereocenters. The second-order valence-electron chi connectivity index (χ2n) is 5.13. The van der Waals surface area contributed by atoms with Gasteiger partial charge in [0.25, 0.3) is 0 Å². The van der Waals surface area contributed by atoms with E-state index in [1.807, 2.05) is 19.9 Å². The molecule has 0 aromatic heterocycles. The van der Waals surface area contributed by atoms with Gasteiger partial charge in [-0.15, -0.1) is 0 Å². The van der Waals surface area contributed by atoms with E-state index in [4.69, 9.17) is 5.73 Å². The van der Waals surface area contributed by atoms with E-state index in [1.54, 1.807) is 30.3 Å². The monoisotopic (exact) mass is 304 g/mol. The Morgan fingerprint density at radius 2 is 2.00 bits per heavy atom. The van der Waals surface area contributed by atoms with E-state index in [-0.39, 0.29) is 0 Å². The average Bonchev–Trinajstić information content (AvgIpc) is 2.43. The first kappa shape index (κ1) is 15.5. The van der Waals surface area contributed by atoms with Crippen molar-refractivity contribution in [2.24, 2.45) is 0 Å². The zero-order valence-electron chi connectivity index (χ0n) is 12.3. The molecule has 0 bridgehead atoms. The van der Waals surface area contributed by atoms with Crippen molar-refractivity contribution in [1.29, 1.82) is 0 Å². The molecule has 21 heavy (non-hydrogen) atoms. The highest BCUT2D eigenvalue weighted by atomic mass is 32.2. The number of anilines is 1. The summed E-state index contributed by atoms with van der Waals surface area (Å²) < 4.78 is 27.1. The molecule has 0 saturated heterocycles. The van der Waals surface area contributed by atoms with Gasteiger partial charge in [-0.3, -0.25) is 0 Å². The van der Waals surface area contributed by atoms with Crippen LogP contribution in [0.1, 0.15) is 13.8 Å². The van der Waals surface area contributed by atoms with Crippen LogP contribution in [-0.2, 0) is 10.0 Å². The molecule has 0 aliphatic carbocycles. The minimum atomic E-state index is -3.55. The smallest absolute Gasteiger partial charge is 0.243 e. The van der Waals surface area contributed by atoms with Crippen molar-refractivity contribution in [2.75, 3.05) is 18.8 Å². The van der Waals surface area contributed by atoms with Gasteiger partial charge in [0.05, 0.1) is 4.90 Å². The molecule has 5 heteroatoms. The Morgan fingerprint density at radius 1 is 1.29 bits per heavy atom. The summed E-state index contributed by atoms with van der Waals surface area (Å²) in [5, 5.41) is 1.51. The van der Waals surface area contributed by atoms with Crippen molar-refractivity contribution in [3.05, 3.63) is 48.6 Å². The molecule has 0 aliphatic rings. The van der Waals surface area contributed by atoms with Gasteiger partial charge in [0.15, 0.2) is 0 Å². The zero-order valence-corrected chi connectivity index (χ0v) is 13.2. The van der Waals surface area contributed by atoms with Crippen molar-refractivity contribution in [3.63, 3.8) is 0 Å². The summed E-state index contributed by atoms with van der Waals surface area (Å²) in [7, 11) is -3.55. The van der Waals surface area contributed by atoms with Gasteiger partial charge in [-0.2, -0.15) is 4.31 Å². The Kier molecular flexibility index (Phi) is 4.34. The third kappa shape index (κ3) is 3.09. The molecule has 0 amide bonds. The molecule has 0 spiro atoms. The summed E-state index contributed by atoms with van der Waals surface area (Å²) in [6.07, 6.45) is 0. The first-order valence-electron chi connectivity index (χ1n) is 6.79. The number of benzene rings is 2. The number of hydrogen-bond donors (Lipinski definition) is 1. The highest BCUT2D eigenvalue weighted by Gasteiger charge is 2.24. The first-order valence-corrected chi connectivity index (χ1v) is 8.23. The maximum absolute atomic E-state index is 12.9. The zero-order chi connectivity index (χ0) is 15.6. The molecule has 0 saturated carbocycles. The summed E-state index contributed by atoms with van der Waals surface area (Å²) in [5.41, 5.74) is 7.19. The molecule has 2 aromatic rings. The quantitative estimate of drug-likeness (QED) is 0.682. The lowest BCUT2D eigenvalue weighted by atomic mass is 10.1. The van der Waals surface area contributed by atoms with E-state index in [9.17, 15) is 8.42 Å². The van der Waals surface area contributed by atoms with Crippen LogP contribution in [0, 0.1) is 0 Å². The summed E-state index contributed by atoms with van der Waals surface area (Å²) in [6, 6.07) is 10.5. The number of likely N-dealkylation sites (N-methyl/N-ethyl adjacent to an activating group) is 1. The number of sulfonamides is 1. The van der Waals surface area contributed by atoms with Crippen molar-refractivity contribution < 1.29 is 8.42 Å². The predicted molar refractivity (Wildman–Crippen MR) is 87.6 cm³/mol. The fraction of sp³-hybridized carbons (Fsp3) is 0.250. The van der Waals surface area contributed by atoms with Gasteiger partial charge in [-0.1, -0.05) is 37.3 Å². The van der Waals surface area contributed by atoms with Crippen molar-refractivity contribution in [2.45, 2.75) is 18.7 Å². The first-order chi connectivity index (χ1) is 9.86. The predicted octanol–water partition coefficient (Wildman–Crippen LogP) is 3.01. The van der Waals surface area contributed by atoms with E-state index in [0.29, 0.717) is 29.1 Å². The molecular formula is C16H20N2O2S. The third-order valence-corrected chi connectivity index (χ3v) is 5.26. The van der Waals surface area contributed by atoms with Crippen LogP contribution >= 0.6 is 0 Å². The molecule has 0 aliphatic heterocycles. The van der Waals surface area contributed by atoms with Gasteiger partial charge in [0, 0.05) is 24.2 Å². The van der Waals surface area contributed by atoms with Crippen LogP contribution in [0.3, 0.4) is 0 Å². The van der Waals surface area contributed by atoms with E-state index in [0.717, 1.165) is 11.0 Å². The number of nitrogen functional groups attached to an aromatic ring is 1. The molecule has 2 N–H and O–H groups in total. The van der Waals surface area contributed by atoms with Gasteiger partial charge in [-0.25, -0.2) is 8.42 Å². The fourth-order valence-corrected chi connectivity index (χ4v) is 4.03. The topological polar surface area (TPSA) is 63.4 Å². The normalized spacial score (nSPS) is 12.0. The van der Waals surface area contributed by atoms with Crippen LogP contribution in [0.2, 0.25) is 0 Å². The Morgan fingerprint density at radius 3 is 2.62 bits per heavy atom. The Hall–Kier alpha value is -1.85. The van der Waals surface area contributed by atoms with Gasteiger partial charge in [0.1, 0.15) is 0 Å². The lowest BCUT2D eigenvalue weighted by molar-refractivity contribution is 0.453. The number of fused-ring (bicyclic) bond motifs is 1. The average molecular weight is 304 g/mol. The Balaban J connectivity index is 2.61. The minimum absolute atomic E-state index is 0.308. The van der Waals surface area contributed by atoms with Crippen LogP contribution in [0.25, 0.3) is 10.8 Å². The lowest BCUT2D eigenvalue weighted by Gasteiger charge is -2.21. The highest BCUT2D eigenvalue weighted by molar-refractivity contribution is 7.89. The van der Waals surface area contributed by atoms with E-state index in [2.05, 4.69) is 6.58 Å². The Labute approximate surface area is 125 Å².